The van der Waals surface area contributed by atoms with Crippen molar-refractivity contribution in [2.75, 3.05) is 6.54 Å². The van der Waals surface area contributed by atoms with Crippen molar-refractivity contribution in [3.8, 4) is 0 Å². The van der Waals surface area contributed by atoms with Crippen molar-refractivity contribution < 1.29 is 18.3 Å². The highest BCUT2D eigenvalue weighted by Gasteiger charge is 2.14. The van der Waals surface area contributed by atoms with Gasteiger partial charge in [-0.3, -0.25) is 4.79 Å². The largest absolute Gasteiger partial charge is 0.481 e. The first kappa shape index (κ1) is 19.1. The molecule has 3 rings (SSSR count). The van der Waals surface area contributed by atoms with Gasteiger partial charge in [-0.25, -0.2) is 13.1 Å². The molecule has 142 valence electrons. The average molecular weight is 386 g/mol. The lowest BCUT2D eigenvalue weighted by atomic mass is 10.1. The monoisotopic (exact) mass is 386 g/mol. The number of aliphatic carboxylic acids is 1. The molecule has 0 atom stereocenters. The van der Waals surface area contributed by atoms with Gasteiger partial charge in [0.2, 0.25) is 10.0 Å². The van der Waals surface area contributed by atoms with E-state index in [4.69, 9.17) is 5.11 Å². The second-order valence-corrected chi connectivity index (χ2v) is 8.24. The maximum atomic E-state index is 12.4. The van der Waals surface area contributed by atoms with E-state index in [1.54, 1.807) is 24.3 Å². The minimum absolute atomic E-state index is 0.0398. The quantitative estimate of drug-likeness (QED) is 0.623. The van der Waals surface area contributed by atoms with Crippen LogP contribution in [0.2, 0.25) is 0 Å². The molecule has 0 aliphatic carbocycles. The molecule has 27 heavy (non-hydrogen) atoms. The van der Waals surface area contributed by atoms with Crippen LogP contribution in [0, 0.1) is 6.92 Å². The minimum Gasteiger partial charge on any atom is -0.481 e. The van der Waals surface area contributed by atoms with Crippen LogP contribution in [0.25, 0.3) is 10.9 Å². The van der Waals surface area contributed by atoms with Crippen LogP contribution in [-0.2, 0) is 27.8 Å². The summed E-state index contributed by atoms with van der Waals surface area (Å²) in [4.78, 5) is 11.1. The SMILES string of the molecule is Cc1ccc(S(=O)(=O)NCCc2cn(CCC(=O)O)c3ccccc23)cc1. The number of aryl methyl sites for hydroxylation is 2. The molecule has 2 N–H and O–H groups in total. The fourth-order valence-corrected chi connectivity index (χ4v) is 4.08. The standard InChI is InChI=1S/C20H22N2O4S/c1-15-6-8-17(9-7-15)27(25,26)21-12-10-16-14-22(13-11-20(23)24)19-5-3-2-4-18(16)19/h2-9,14,21H,10-13H2,1H3,(H,23,24). The number of aromatic nitrogens is 1. The number of sulfonamides is 1. The molecule has 0 aliphatic rings. The minimum atomic E-state index is -3.55. The molecule has 0 aliphatic heterocycles. The summed E-state index contributed by atoms with van der Waals surface area (Å²) in [7, 11) is -3.55. The highest BCUT2D eigenvalue weighted by molar-refractivity contribution is 7.89. The van der Waals surface area contributed by atoms with Gasteiger partial charge in [0.1, 0.15) is 0 Å². The number of nitrogens with zero attached hydrogens (tertiary/aromatic N) is 1. The fraction of sp³-hybridized carbons (Fsp3) is 0.250. The Kier molecular flexibility index (Phi) is 5.62. The summed E-state index contributed by atoms with van der Waals surface area (Å²) in [5.74, 6) is -0.847. The van der Waals surface area contributed by atoms with E-state index in [1.165, 1.54) is 0 Å². The Morgan fingerprint density at radius 1 is 1.11 bits per heavy atom. The van der Waals surface area contributed by atoms with E-state index in [2.05, 4.69) is 4.72 Å². The first-order valence-electron chi connectivity index (χ1n) is 8.72. The normalized spacial score (nSPS) is 11.7. The van der Waals surface area contributed by atoms with E-state index in [9.17, 15) is 13.2 Å². The number of carboxylic acids is 1. The highest BCUT2D eigenvalue weighted by atomic mass is 32.2. The summed E-state index contributed by atoms with van der Waals surface area (Å²) in [5, 5.41) is 9.93. The molecule has 0 bridgehead atoms. The Morgan fingerprint density at radius 2 is 1.81 bits per heavy atom. The second kappa shape index (κ2) is 7.94. The van der Waals surface area contributed by atoms with Gasteiger partial charge in [0, 0.05) is 30.2 Å². The number of hydrogen-bond acceptors (Lipinski definition) is 3. The number of hydrogen-bond donors (Lipinski definition) is 2. The van der Waals surface area contributed by atoms with Gasteiger partial charge in [-0.2, -0.15) is 0 Å². The summed E-state index contributed by atoms with van der Waals surface area (Å²) in [6, 6.07) is 14.5. The summed E-state index contributed by atoms with van der Waals surface area (Å²) in [5.41, 5.74) is 2.95. The zero-order chi connectivity index (χ0) is 19.4. The first-order valence-corrected chi connectivity index (χ1v) is 10.2. The van der Waals surface area contributed by atoms with Crippen LogP contribution in [0.3, 0.4) is 0 Å². The van der Waals surface area contributed by atoms with Gasteiger partial charge in [-0.15, -0.1) is 0 Å². The van der Waals surface area contributed by atoms with Crippen molar-refractivity contribution in [1.29, 1.82) is 0 Å². The Morgan fingerprint density at radius 3 is 2.52 bits per heavy atom. The maximum Gasteiger partial charge on any atom is 0.305 e. The molecule has 0 amide bonds. The number of carboxylic acid groups (broad SMARTS) is 1. The molecule has 6 nitrogen and oxygen atoms in total. The number of fused-ring (bicyclic) bond motifs is 1. The van der Waals surface area contributed by atoms with E-state index >= 15 is 0 Å². The molecule has 1 aromatic heterocycles. The van der Waals surface area contributed by atoms with Crippen LogP contribution >= 0.6 is 0 Å². The zero-order valence-electron chi connectivity index (χ0n) is 15.1. The molecule has 2 aromatic carbocycles. The van der Waals surface area contributed by atoms with Gasteiger partial charge < -0.3 is 9.67 Å². The number of rotatable bonds is 8. The first-order chi connectivity index (χ1) is 12.9. The number of nitrogens with one attached hydrogen (secondary N) is 1. The molecule has 0 saturated carbocycles. The van der Waals surface area contributed by atoms with Crippen molar-refractivity contribution in [2.24, 2.45) is 0 Å². The third kappa shape index (κ3) is 4.56. The van der Waals surface area contributed by atoms with Gasteiger partial charge in [0.25, 0.3) is 0 Å². The Bertz CT molecular complexity index is 1050. The molecular weight excluding hydrogens is 364 g/mol. The van der Waals surface area contributed by atoms with Gasteiger partial charge in [-0.1, -0.05) is 35.9 Å². The van der Waals surface area contributed by atoms with E-state index < -0.39 is 16.0 Å². The summed E-state index contributed by atoms with van der Waals surface area (Å²) >= 11 is 0. The van der Waals surface area contributed by atoms with E-state index in [0.717, 1.165) is 22.0 Å². The van der Waals surface area contributed by atoms with Crippen molar-refractivity contribution >= 4 is 26.9 Å². The number of para-hydroxylation sites is 1. The zero-order valence-corrected chi connectivity index (χ0v) is 15.9. The molecule has 3 aromatic rings. The van der Waals surface area contributed by atoms with Gasteiger partial charge in [-0.05, 0) is 37.1 Å². The predicted octanol–water partition coefficient (Wildman–Crippen LogP) is 2.95. The smallest absolute Gasteiger partial charge is 0.305 e. The topological polar surface area (TPSA) is 88.4 Å². The average Bonchev–Trinajstić information content (AvgIpc) is 2.98. The van der Waals surface area contributed by atoms with Crippen molar-refractivity contribution in [1.82, 2.24) is 9.29 Å². The van der Waals surface area contributed by atoms with E-state index in [0.29, 0.717) is 13.0 Å². The van der Waals surface area contributed by atoms with Crippen LogP contribution in [0.1, 0.15) is 17.5 Å². The molecule has 0 unspecified atom stereocenters. The molecule has 0 fully saturated rings. The predicted molar refractivity (Wildman–Crippen MR) is 104 cm³/mol. The van der Waals surface area contributed by atoms with Crippen LogP contribution in [0.15, 0.2) is 59.6 Å². The van der Waals surface area contributed by atoms with Crippen LogP contribution in [0.5, 0.6) is 0 Å². The van der Waals surface area contributed by atoms with Crippen molar-refractivity contribution in [3.05, 3.63) is 65.9 Å². The third-order valence-corrected chi connectivity index (χ3v) is 5.93. The lowest BCUT2D eigenvalue weighted by Crippen LogP contribution is -2.25. The van der Waals surface area contributed by atoms with E-state index in [1.807, 2.05) is 42.0 Å². The molecule has 7 heteroatoms. The van der Waals surface area contributed by atoms with Crippen LogP contribution in [-0.4, -0.2) is 30.6 Å². The number of carbonyl (C=O) groups is 1. The number of benzene rings is 2. The molecule has 1 heterocycles. The third-order valence-electron chi connectivity index (χ3n) is 4.46. The highest BCUT2D eigenvalue weighted by Crippen LogP contribution is 2.22. The van der Waals surface area contributed by atoms with Gasteiger partial charge in [0.05, 0.1) is 11.3 Å². The lowest BCUT2D eigenvalue weighted by Gasteiger charge is -2.07. The summed E-state index contributed by atoms with van der Waals surface area (Å²) in [6.45, 7) is 2.55. The molecule has 0 spiro atoms. The van der Waals surface area contributed by atoms with Gasteiger partial charge >= 0.3 is 5.97 Å². The Labute approximate surface area is 158 Å². The molecule has 0 radical (unpaired) electrons. The Balaban J connectivity index is 1.73. The molecule has 0 saturated heterocycles. The summed E-state index contributed by atoms with van der Waals surface area (Å²) < 4.78 is 29.3. The van der Waals surface area contributed by atoms with Crippen LogP contribution < -0.4 is 4.72 Å². The van der Waals surface area contributed by atoms with E-state index in [-0.39, 0.29) is 17.9 Å². The van der Waals surface area contributed by atoms with Crippen LogP contribution in [0.4, 0.5) is 0 Å². The lowest BCUT2D eigenvalue weighted by molar-refractivity contribution is -0.137. The van der Waals surface area contributed by atoms with Crippen molar-refractivity contribution in [2.45, 2.75) is 31.2 Å². The van der Waals surface area contributed by atoms with Crippen molar-refractivity contribution in [3.63, 3.8) is 0 Å². The second-order valence-electron chi connectivity index (χ2n) is 6.47. The van der Waals surface area contributed by atoms with Gasteiger partial charge in [0.15, 0.2) is 0 Å². The maximum absolute atomic E-state index is 12.4. The molecular formula is C20H22N2O4S. The summed E-state index contributed by atoms with van der Waals surface area (Å²) in [6.07, 6.45) is 2.47. The Hall–Kier alpha value is -2.64. The fourth-order valence-electron chi connectivity index (χ4n) is 3.04.